The zero-order chi connectivity index (χ0) is 16.7. The van der Waals surface area contributed by atoms with Gasteiger partial charge in [0.25, 0.3) is 0 Å². The zero-order valence-electron chi connectivity index (χ0n) is 15.9. The van der Waals surface area contributed by atoms with E-state index in [4.69, 9.17) is 9.73 Å². The summed E-state index contributed by atoms with van der Waals surface area (Å²) in [6, 6.07) is 0. The molecule has 0 aromatic carbocycles. The Balaban J connectivity index is 0.00000288. The molecule has 0 amide bonds. The van der Waals surface area contributed by atoms with E-state index < -0.39 is 0 Å². The first-order valence-corrected chi connectivity index (χ1v) is 9.39. The van der Waals surface area contributed by atoms with Crippen molar-refractivity contribution in [2.45, 2.75) is 52.6 Å². The maximum atomic E-state index is 5.82. The molecule has 2 fully saturated rings. The third kappa shape index (κ3) is 7.44. The Morgan fingerprint density at radius 3 is 2.54 bits per heavy atom. The molecule has 2 rings (SSSR count). The van der Waals surface area contributed by atoms with Crippen LogP contribution < -0.4 is 10.6 Å². The largest absolute Gasteiger partial charge is 0.373 e. The molecule has 3 atom stereocenters. The minimum Gasteiger partial charge on any atom is -0.373 e. The zero-order valence-corrected chi connectivity index (χ0v) is 18.3. The van der Waals surface area contributed by atoms with Gasteiger partial charge >= 0.3 is 0 Å². The van der Waals surface area contributed by atoms with Crippen molar-refractivity contribution in [3.8, 4) is 0 Å². The fraction of sp³-hybridized carbons (Fsp3) is 0.944. The second kappa shape index (κ2) is 10.8. The molecule has 6 heteroatoms. The molecular formula is C18H37IN4O. The van der Waals surface area contributed by atoms with Crippen molar-refractivity contribution in [3.05, 3.63) is 0 Å². The summed E-state index contributed by atoms with van der Waals surface area (Å²) in [7, 11) is 0. The number of likely N-dealkylation sites (tertiary alicyclic amines) is 1. The van der Waals surface area contributed by atoms with Crippen LogP contribution in [0.25, 0.3) is 0 Å². The van der Waals surface area contributed by atoms with Crippen molar-refractivity contribution in [2.75, 3.05) is 45.9 Å². The monoisotopic (exact) mass is 452 g/mol. The molecule has 142 valence electrons. The van der Waals surface area contributed by atoms with Crippen molar-refractivity contribution < 1.29 is 4.74 Å². The van der Waals surface area contributed by atoms with E-state index in [1.54, 1.807) is 0 Å². The predicted octanol–water partition coefficient (Wildman–Crippen LogP) is 2.71. The lowest BCUT2D eigenvalue weighted by atomic mass is 9.92. The number of ether oxygens (including phenoxy) is 1. The molecule has 5 nitrogen and oxygen atoms in total. The molecule has 24 heavy (non-hydrogen) atoms. The number of nitrogens with zero attached hydrogens (tertiary/aromatic N) is 2. The first kappa shape index (κ1) is 22.0. The third-order valence-corrected chi connectivity index (χ3v) is 4.88. The van der Waals surface area contributed by atoms with E-state index in [1.807, 2.05) is 0 Å². The number of guanidine groups is 1. The molecule has 0 aromatic heterocycles. The summed E-state index contributed by atoms with van der Waals surface area (Å²) in [6.45, 7) is 16.0. The van der Waals surface area contributed by atoms with Crippen LogP contribution in [0.5, 0.6) is 0 Å². The topological polar surface area (TPSA) is 48.9 Å². The molecule has 2 heterocycles. The van der Waals surface area contributed by atoms with Gasteiger partial charge < -0.3 is 20.3 Å². The predicted molar refractivity (Wildman–Crippen MR) is 112 cm³/mol. The van der Waals surface area contributed by atoms with Crippen LogP contribution in [0, 0.1) is 11.8 Å². The maximum Gasteiger partial charge on any atom is 0.191 e. The van der Waals surface area contributed by atoms with E-state index in [0.29, 0.717) is 0 Å². The average Bonchev–Trinajstić information content (AvgIpc) is 2.91. The molecule has 2 aliphatic rings. The van der Waals surface area contributed by atoms with E-state index in [0.717, 1.165) is 63.4 Å². The first-order chi connectivity index (χ1) is 11.0. The van der Waals surface area contributed by atoms with Crippen molar-refractivity contribution in [3.63, 3.8) is 0 Å². The van der Waals surface area contributed by atoms with Gasteiger partial charge in [0, 0.05) is 39.3 Å². The smallest absolute Gasteiger partial charge is 0.191 e. The lowest BCUT2D eigenvalue weighted by Gasteiger charge is -2.35. The molecule has 0 saturated carbocycles. The number of hydrogen-bond acceptors (Lipinski definition) is 3. The van der Waals surface area contributed by atoms with Crippen LogP contribution in [0.2, 0.25) is 0 Å². The Bertz CT molecular complexity index is 375. The molecule has 2 aliphatic heterocycles. The Morgan fingerprint density at radius 1 is 1.25 bits per heavy atom. The van der Waals surface area contributed by atoms with Gasteiger partial charge in [-0.2, -0.15) is 0 Å². The van der Waals surface area contributed by atoms with Crippen LogP contribution in [0.15, 0.2) is 4.99 Å². The average molecular weight is 452 g/mol. The number of nitrogens with one attached hydrogen (secondary N) is 2. The van der Waals surface area contributed by atoms with Crippen molar-refractivity contribution in [1.82, 2.24) is 15.5 Å². The first-order valence-electron chi connectivity index (χ1n) is 9.39. The van der Waals surface area contributed by atoms with E-state index in [-0.39, 0.29) is 29.6 Å². The lowest BCUT2D eigenvalue weighted by Crippen LogP contribution is -2.45. The molecule has 0 aliphatic carbocycles. The SMILES string of the molecule is CCNC(=NCC1(C)CCCO1)NCCN1CC(C)CC(C)C1.I. The second-order valence-electron chi connectivity index (χ2n) is 7.73. The van der Waals surface area contributed by atoms with Crippen LogP contribution in [0.4, 0.5) is 0 Å². The van der Waals surface area contributed by atoms with Crippen LogP contribution in [0.3, 0.4) is 0 Å². The summed E-state index contributed by atoms with van der Waals surface area (Å²) in [5, 5.41) is 6.82. The van der Waals surface area contributed by atoms with Gasteiger partial charge in [-0.05, 0) is 44.9 Å². The number of piperidine rings is 1. The molecule has 0 radical (unpaired) electrons. The summed E-state index contributed by atoms with van der Waals surface area (Å²) in [5.74, 6) is 2.56. The fourth-order valence-electron chi connectivity index (χ4n) is 3.86. The standard InChI is InChI=1S/C18H36N4O.HI/c1-5-19-17(21-14-18(4)7-6-10-23-18)20-8-9-22-12-15(2)11-16(3)13-22;/h15-16H,5-14H2,1-4H3,(H2,19,20,21);1H. The van der Waals surface area contributed by atoms with Gasteiger partial charge in [0.05, 0.1) is 12.1 Å². The van der Waals surface area contributed by atoms with Gasteiger partial charge in [-0.25, -0.2) is 0 Å². The normalized spacial score (nSPS) is 31.6. The highest BCUT2D eigenvalue weighted by Gasteiger charge is 2.29. The van der Waals surface area contributed by atoms with E-state index in [2.05, 4.69) is 43.2 Å². The highest BCUT2D eigenvalue weighted by molar-refractivity contribution is 14.0. The molecular weight excluding hydrogens is 415 g/mol. The lowest BCUT2D eigenvalue weighted by molar-refractivity contribution is 0.0283. The molecule has 0 bridgehead atoms. The molecule has 2 saturated heterocycles. The molecule has 3 unspecified atom stereocenters. The van der Waals surface area contributed by atoms with Crippen LogP contribution >= 0.6 is 24.0 Å². The Labute approximate surface area is 165 Å². The van der Waals surface area contributed by atoms with Crippen LogP contribution in [-0.4, -0.2) is 62.3 Å². The van der Waals surface area contributed by atoms with Gasteiger partial charge in [0.2, 0.25) is 0 Å². The van der Waals surface area contributed by atoms with E-state index in [9.17, 15) is 0 Å². The Morgan fingerprint density at radius 2 is 1.96 bits per heavy atom. The summed E-state index contributed by atoms with van der Waals surface area (Å²) in [5.41, 5.74) is -0.0694. The minimum atomic E-state index is -0.0694. The highest BCUT2D eigenvalue weighted by atomic mass is 127. The quantitative estimate of drug-likeness (QED) is 0.370. The van der Waals surface area contributed by atoms with E-state index >= 15 is 0 Å². The summed E-state index contributed by atoms with van der Waals surface area (Å²) >= 11 is 0. The highest BCUT2D eigenvalue weighted by Crippen LogP contribution is 2.25. The maximum absolute atomic E-state index is 5.82. The molecule has 0 spiro atoms. The number of rotatable bonds is 6. The van der Waals surface area contributed by atoms with Crippen molar-refractivity contribution in [1.29, 1.82) is 0 Å². The van der Waals surface area contributed by atoms with Crippen LogP contribution in [0.1, 0.15) is 47.0 Å². The summed E-state index contributed by atoms with van der Waals surface area (Å²) < 4.78 is 5.82. The van der Waals surface area contributed by atoms with Gasteiger partial charge in [-0.3, -0.25) is 4.99 Å². The van der Waals surface area contributed by atoms with Gasteiger partial charge in [0.15, 0.2) is 5.96 Å². The number of halogens is 1. The van der Waals surface area contributed by atoms with Crippen molar-refractivity contribution in [2.24, 2.45) is 16.8 Å². The van der Waals surface area contributed by atoms with Gasteiger partial charge in [-0.1, -0.05) is 13.8 Å². The Hall–Kier alpha value is -0.0800. The van der Waals surface area contributed by atoms with Crippen molar-refractivity contribution >= 4 is 29.9 Å². The van der Waals surface area contributed by atoms with Gasteiger partial charge in [0.1, 0.15) is 0 Å². The third-order valence-electron chi connectivity index (χ3n) is 4.88. The van der Waals surface area contributed by atoms with Gasteiger partial charge in [-0.15, -0.1) is 24.0 Å². The molecule has 2 N–H and O–H groups in total. The Kier molecular flexibility index (Phi) is 9.89. The van der Waals surface area contributed by atoms with Crippen LogP contribution in [-0.2, 0) is 4.74 Å². The molecule has 0 aromatic rings. The number of hydrogen-bond donors (Lipinski definition) is 2. The summed E-state index contributed by atoms with van der Waals surface area (Å²) in [4.78, 5) is 7.31. The summed E-state index contributed by atoms with van der Waals surface area (Å²) in [6.07, 6.45) is 3.63. The fourth-order valence-corrected chi connectivity index (χ4v) is 3.86. The van der Waals surface area contributed by atoms with E-state index in [1.165, 1.54) is 19.5 Å². The minimum absolute atomic E-state index is 0. The number of aliphatic imine (C=N–C) groups is 1. The second-order valence-corrected chi connectivity index (χ2v) is 7.73.